The molecule has 27 heavy (non-hydrogen) atoms. The van der Waals surface area contributed by atoms with E-state index in [2.05, 4.69) is 36.1 Å². The zero-order valence-electron chi connectivity index (χ0n) is 15.9. The molecule has 0 bridgehead atoms. The molecule has 1 saturated heterocycles. The summed E-state index contributed by atoms with van der Waals surface area (Å²) in [4.78, 5) is 14.7. The van der Waals surface area contributed by atoms with Crippen LogP contribution >= 0.6 is 0 Å². The number of nitrogens with zero attached hydrogens (tertiary/aromatic N) is 1. The number of hydrogen-bond donors (Lipinski definition) is 1. The number of phenols is 1. The van der Waals surface area contributed by atoms with Crippen molar-refractivity contribution in [1.82, 2.24) is 0 Å². The molecular formula is C23H27NO3. The fourth-order valence-electron chi connectivity index (χ4n) is 4.38. The number of ether oxygens (including phenoxy) is 1. The van der Waals surface area contributed by atoms with Crippen molar-refractivity contribution < 1.29 is 14.6 Å². The molecule has 0 spiro atoms. The van der Waals surface area contributed by atoms with Gasteiger partial charge in [-0.2, -0.15) is 0 Å². The van der Waals surface area contributed by atoms with Crippen molar-refractivity contribution in [2.45, 2.75) is 57.6 Å². The summed E-state index contributed by atoms with van der Waals surface area (Å²) < 4.78 is 6.08. The van der Waals surface area contributed by atoms with Gasteiger partial charge in [-0.1, -0.05) is 30.3 Å². The van der Waals surface area contributed by atoms with E-state index in [1.165, 1.54) is 5.56 Å². The van der Waals surface area contributed by atoms with Gasteiger partial charge in [0.1, 0.15) is 11.5 Å². The maximum Gasteiger partial charge on any atom is 0.170 e. The van der Waals surface area contributed by atoms with Crippen LogP contribution in [-0.2, 0) is 6.42 Å². The summed E-state index contributed by atoms with van der Waals surface area (Å²) in [5.41, 5.74) is 2.66. The van der Waals surface area contributed by atoms with Gasteiger partial charge in [-0.3, -0.25) is 4.79 Å². The lowest BCUT2D eigenvalue weighted by molar-refractivity contribution is 0.0966. The van der Waals surface area contributed by atoms with Gasteiger partial charge in [-0.25, -0.2) is 0 Å². The van der Waals surface area contributed by atoms with Crippen molar-refractivity contribution >= 4 is 11.5 Å². The quantitative estimate of drug-likeness (QED) is 0.803. The average molecular weight is 365 g/mol. The van der Waals surface area contributed by atoms with Gasteiger partial charge in [-0.05, 0) is 44.6 Å². The molecule has 2 heterocycles. The monoisotopic (exact) mass is 365 g/mol. The molecule has 4 nitrogen and oxygen atoms in total. The highest BCUT2D eigenvalue weighted by Crippen LogP contribution is 2.42. The minimum Gasteiger partial charge on any atom is -0.507 e. The second kappa shape index (κ2) is 7.63. The van der Waals surface area contributed by atoms with Crippen LogP contribution in [0.3, 0.4) is 0 Å². The van der Waals surface area contributed by atoms with E-state index in [4.69, 9.17) is 4.74 Å². The van der Waals surface area contributed by atoms with Gasteiger partial charge in [0.05, 0.1) is 17.4 Å². The fourth-order valence-corrected chi connectivity index (χ4v) is 4.38. The molecule has 0 saturated carbocycles. The first-order valence-electron chi connectivity index (χ1n) is 9.99. The number of ketones is 1. The number of phenolic OH excluding ortho intramolecular Hbond substituents is 1. The molecule has 2 atom stereocenters. The smallest absolute Gasteiger partial charge is 0.170 e. The molecule has 142 valence electrons. The third kappa shape index (κ3) is 3.80. The number of fused-ring (bicyclic) bond motifs is 3. The van der Waals surface area contributed by atoms with E-state index in [-0.39, 0.29) is 23.7 Å². The molecule has 0 aromatic heterocycles. The number of aryl methyl sites for hydroxylation is 1. The summed E-state index contributed by atoms with van der Waals surface area (Å²) in [5, 5.41) is 10.4. The highest BCUT2D eigenvalue weighted by molar-refractivity contribution is 6.06. The lowest BCUT2D eigenvalue weighted by Crippen LogP contribution is -2.36. The second-order valence-corrected chi connectivity index (χ2v) is 7.76. The van der Waals surface area contributed by atoms with E-state index >= 15 is 0 Å². The first kappa shape index (κ1) is 17.9. The lowest BCUT2D eigenvalue weighted by Gasteiger charge is -2.33. The number of Topliss-reactive ketones (excluding diaryl/α,β-unsaturated/α-hetero) is 1. The lowest BCUT2D eigenvalue weighted by atomic mass is 9.94. The largest absolute Gasteiger partial charge is 0.507 e. The summed E-state index contributed by atoms with van der Waals surface area (Å²) in [6.45, 7) is 3.01. The Hall–Kier alpha value is -2.49. The minimum atomic E-state index is 0.0492. The van der Waals surface area contributed by atoms with Crippen LogP contribution in [0.2, 0.25) is 0 Å². The number of rotatable bonds is 6. The fraction of sp³-hybridized carbons (Fsp3) is 0.435. The number of anilines is 1. The first-order chi connectivity index (χ1) is 13.1. The third-order valence-corrected chi connectivity index (χ3v) is 5.71. The molecule has 2 unspecified atom stereocenters. The van der Waals surface area contributed by atoms with Crippen molar-refractivity contribution in [3.8, 4) is 11.5 Å². The zero-order chi connectivity index (χ0) is 18.8. The molecule has 0 amide bonds. The van der Waals surface area contributed by atoms with Crippen LogP contribution in [0.1, 0.15) is 54.9 Å². The number of carbonyl (C=O) groups is 1. The Bertz CT molecular complexity index is 818. The molecule has 4 rings (SSSR count). The van der Waals surface area contributed by atoms with E-state index in [1.807, 2.05) is 12.1 Å². The normalized spacial score (nSPS) is 19.5. The maximum absolute atomic E-state index is 12.4. The predicted octanol–water partition coefficient (Wildman–Crippen LogP) is 4.74. The summed E-state index contributed by atoms with van der Waals surface area (Å²) in [6.07, 6.45) is 5.74. The highest BCUT2D eigenvalue weighted by atomic mass is 16.5. The Kier molecular flexibility index (Phi) is 5.06. The van der Waals surface area contributed by atoms with Crippen molar-refractivity contribution in [3.63, 3.8) is 0 Å². The average Bonchev–Trinajstić information content (AvgIpc) is 3.11. The van der Waals surface area contributed by atoms with Crippen molar-refractivity contribution in [1.29, 1.82) is 0 Å². The van der Waals surface area contributed by atoms with Crippen LogP contribution in [0, 0.1) is 0 Å². The molecular weight excluding hydrogens is 338 g/mol. The number of benzene rings is 2. The molecule has 2 aromatic carbocycles. The van der Waals surface area contributed by atoms with Crippen molar-refractivity contribution in [2.24, 2.45) is 0 Å². The van der Waals surface area contributed by atoms with Crippen molar-refractivity contribution in [2.75, 3.05) is 11.4 Å². The van der Waals surface area contributed by atoms with Gasteiger partial charge in [0.15, 0.2) is 5.78 Å². The number of hydrogen-bond acceptors (Lipinski definition) is 4. The van der Waals surface area contributed by atoms with E-state index < -0.39 is 0 Å². The van der Waals surface area contributed by atoms with Crippen LogP contribution in [0.15, 0.2) is 42.5 Å². The molecule has 4 heteroatoms. The second-order valence-electron chi connectivity index (χ2n) is 7.76. The SMILES string of the molecule is CC(CCCc1ccccc1)Oc1cc(O)c2c(c1)N1CCCC1CC2=O. The van der Waals surface area contributed by atoms with Crippen LogP contribution in [0.25, 0.3) is 0 Å². The van der Waals surface area contributed by atoms with Crippen LogP contribution < -0.4 is 9.64 Å². The van der Waals surface area contributed by atoms with E-state index in [9.17, 15) is 9.90 Å². The molecule has 0 radical (unpaired) electrons. The van der Waals surface area contributed by atoms with E-state index in [1.54, 1.807) is 6.07 Å². The van der Waals surface area contributed by atoms with Crippen LogP contribution in [0.5, 0.6) is 11.5 Å². The molecule has 2 aliphatic rings. The Labute approximate surface area is 160 Å². The Balaban J connectivity index is 1.42. The highest BCUT2D eigenvalue weighted by Gasteiger charge is 2.36. The summed E-state index contributed by atoms with van der Waals surface area (Å²) in [6, 6.07) is 14.3. The zero-order valence-corrected chi connectivity index (χ0v) is 15.9. The standard InChI is InChI=1S/C23H27NO3/c1-16(7-5-10-17-8-3-2-4-9-17)27-19-14-20-23(22(26)15-19)21(25)13-18-11-6-12-24(18)20/h2-4,8-9,14-16,18,26H,5-7,10-13H2,1H3. The summed E-state index contributed by atoms with van der Waals surface area (Å²) >= 11 is 0. The van der Waals surface area contributed by atoms with Crippen LogP contribution in [0.4, 0.5) is 5.69 Å². The Morgan fingerprint density at radius 1 is 1.26 bits per heavy atom. The van der Waals surface area contributed by atoms with Gasteiger partial charge in [0.25, 0.3) is 0 Å². The first-order valence-corrected chi connectivity index (χ1v) is 9.99. The Morgan fingerprint density at radius 2 is 2.07 bits per heavy atom. The molecule has 2 aliphatic heterocycles. The van der Waals surface area contributed by atoms with Gasteiger partial charge < -0.3 is 14.7 Å². The van der Waals surface area contributed by atoms with Gasteiger partial charge in [0, 0.05) is 31.1 Å². The molecule has 2 aromatic rings. The van der Waals surface area contributed by atoms with Gasteiger partial charge in [0.2, 0.25) is 0 Å². The third-order valence-electron chi connectivity index (χ3n) is 5.71. The summed E-state index contributed by atoms with van der Waals surface area (Å²) in [7, 11) is 0. The topological polar surface area (TPSA) is 49.8 Å². The van der Waals surface area contributed by atoms with E-state index in [0.717, 1.165) is 44.3 Å². The summed E-state index contributed by atoms with van der Waals surface area (Å²) in [5.74, 6) is 0.751. The van der Waals surface area contributed by atoms with Gasteiger partial charge >= 0.3 is 0 Å². The van der Waals surface area contributed by atoms with Crippen LogP contribution in [-0.4, -0.2) is 29.6 Å². The molecule has 1 N–H and O–H groups in total. The van der Waals surface area contributed by atoms with E-state index in [0.29, 0.717) is 17.7 Å². The minimum absolute atomic E-state index is 0.0492. The molecule has 0 aliphatic carbocycles. The van der Waals surface area contributed by atoms with Gasteiger partial charge in [-0.15, -0.1) is 0 Å². The maximum atomic E-state index is 12.4. The predicted molar refractivity (Wildman–Crippen MR) is 107 cm³/mol. The number of carbonyl (C=O) groups excluding carboxylic acids is 1. The van der Waals surface area contributed by atoms with Crippen molar-refractivity contribution in [3.05, 3.63) is 53.6 Å². The molecule has 1 fully saturated rings. The Morgan fingerprint density at radius 3 is 2.89 bits per heavy atom. The number of aromatic hydroxyl groups is 1.